The lowest BCUT2D eigenvalue weighted by molar-refractivity contribution is -0.512. The maximum absolute atomic E-state index is 9.50. The molecule has 0 radical (unpaired) electrons. The maximum atomic E-state index is 9.50. The quantitative estimate of drug-likeness (QED) is 0.185. The third-order valence-corrected chi connectivity index (χ3v) is 2.32. The summed E-state index contributed by atoms with van der Waals surface area (Å²) in [6.45, 7) is -0.735. The van der Waals surface area contributed by atoms with Crippen molar-refractivity contribution in [3.05, 3.63) is 0 Å². The van der Waals surface area contributed by atoms with Crippen LogP contribution in [0.15, 0.2) is 0 Å². The zero-order valence-electron chi connectivity index (χ0n) is 7.63. The van der Waals surface area contributed by atoms with Gasteiger partial charge in [-0.3, -0.25) is 10.4 Å². The monoisotopic (exact) mass is 226 g/mol. The van der Waals surface area contributed by atoms with Gasteiger partial charge in [0.15, 0.2) is 0 Å². The summed E-state index contributed by atoms with van der Waals surface area (Å²) in [5.41, 5.74) is 5.24. The van der Waals surface area contributed by atoms with Crippen molar-refractivity contribution < 1.29 is 35.6 Å². The highest BCUT2D eigenvalue weighted by Gasteiger charge is 2.55. The summed E-state index contributed by atoms with van der Waals surface area (Å²) in [6.07, 6.45) is -4.60. The van der Waals surface area contributed by atoms with Crippen molar-refractivity contribution in [1.29, 1.82) is 0 Å². The molecule has 1 fully saturated rings. The van der Waals surface area contributed by atoms with Crippen LogP contribution in [0.5, 0.6) is 0 Å². The zero-order chi connectivity index (χ0) is 11.8. The molecule has 1 rings (SSSR count). The van der Waals surface area contributed by atoms with Gasteiger partial charge in [0, 0.05) is 0 Å². The van der Waals surface area contributed by atoms with E-state index in [2.05, 4.69) is 4.74 Å². The predicted molar refractivity (Wildman–Crippen MR) is 42.3 cm³/mol. The van der Waals surface area contributed by atoms with Crippen molar-refractivity contribution in [2.45, 2.75) is 30.3 Å². The summed E-state index contributed by atoms with van der Waals surface area (Å²) in [6, 6.07) is -1.68. The number of hydroxylamine groups is 2. The maximum Gasteiger partial charge on any atom is 0.293 e. The Kier molecular flexibility index (Phi) is 3.60. The first-order valence-electron chi connectivity index (χ1n) is 4.15. The van der Waals surface area contributed by atoms with Crippen molar-refractivity contribution in [3.8, 4) is 0 Å². The molecule has 0 spiro atoms. The summed E-state index contributed by atoms with van der Waals surface area (Å²) in [4.78, 5) is 0. The van der Waals surface area contributed by atoms with E-state index in [0.717, 1.165) is 0 Å². The molecular weight excluding hydrogens is 212 g/mol. The number of aliphatic hydroxyl groups excluding tert-OH is 3. The standard InChI is InChI=1S/C6H14N2O7/c7-5-4(11)3(10)2(1-9)15-6(5,12)8(13)14/h2-5,9-14H,1,7H2/t2-,3+,4+,5-,6?/m1/s1. The number of rotatable bonds is 2. The Morgan fingerprint density at radius 2 is 1.80 bits per heavy atom. The Morgan fingerprint density at radius 1 is 1.27 bits per heavy atom. The fourth-order valence-electron chi connectivity index (χ4n) is 1.35. The Morgan fingerprint density at radius 3 is 2.20 bits per heavy atom. The molecule has 0 bridgehead atoms. The lowest BCUT2D eigenvalue weighted by Crippen LogP contribution is -2.73. The van der Waals surface area contributed by atoms with Gasteiger partial charge in [-0.25, -0.2) is 0 Å². The molecule has 1 aliphatic heterocycles. The van der Waals surface area contributed by atoms with Crippen LogP contribution in [-0.4, -0.2) is 72.9 Å². The number of hydrogen-bond acceptors (Lipinski definition) is 9. The van der Waals surface area contributed by atoms with Crippen molar-refractivity contribution in [2.24, 2.45) is 5.73 Å². The Labute approximate surface area is 84.4 Å². The van der Waals surface area contributed by atoms with Crippen molar-refractivity contribution >= 4 is 0 Å². The second-order valence-electron chi connectivity index (χ2n) is 3.29. The fraction of sp³-hybridized carbons (Fsp3) is 1.00. The number of nitrogens with zero attached hydrogens (tertiary/aromatic N) is 1. The van der Waals surface area contributed by atoms with Crippen molar-refractivity contribution in [3.63, 3.8) is 0 Å². The van der Waals surface area contributed by atoms with Gasteiger partial charge in [-0.05, 0) is 5.23 Å². The topological polar surface area (TPSA) is 160 Å². The van der Waals surface area contributed by atoms with E-state index >= 15 is 0 Å². The SMILES string of the molecule is N[C@@H]1[C@@H](O)[C@@H](O)[C@@H](CO)OC1(O)N(O)O. The molecule has 1 aliphatic rings. The fourth-order valence-corrected chi connectivity index (χ4v) is 1.35. The molecule has 0 amide bonds. The molecular formula is C6H14N2O7. The molecule has 0 aromatic rings. The molecule has 0 aromatic heterocycles. The predicted octanol–water partition coefficient (Wildman–Crippen LogP) is -3.85. The molecule has 8 N–H and O–H groups in total. The number of nitrogens with two attached hydrogens (primary N) is 1. The molecule has 1 heterocycles. The van der Waals surface area contributed by atoms with E-state index in [1.54, 1.807) is 0 Å². The van der Waals surface area contributed by atoms with Crippen molar-refractivity contribution in [2.75, 3.05) is 6.61 Å². The van der Waals surface area contributed by atoms with Gasteiger partial charge in [0.2, 0.25) is 0 Å². The lowest BCUT2D eigenvalue weighted by Gasteiger charge is -2.46. The first kappa shape index (κ1) is 12.7. The van der Waals surface area contributed by atoms with Crippen LogP contribution < -0.4 is 5.73 Å². The van der Waals surface area contributed by atoms with Gasteiger partial charge in [-0.1, -0.05) is 0 Å². The van der Waals surface area contributed by atoms with E-state index in [-0.39, 0.29) is 0 Å². The van der Waals surface area contributed by atoms with E-state index in [9.17, 15) is 15.3 Å². The molecule has 1 saturated heterocycles. The summed E-state index contributed by atoms with van der Waals surface area (Å²) in [5.74, 6) is -2.79. The van der Waals surface area contributed by atoms with Gasteiger partial charge in [0.1, 0.15) is 24.4 Å². The molecule has 15 heavy (non-hydrogen) atoms. The molecule has 9 nitrogen and oxygen atoms in total. The van der Waals surface area contributed by atoms with Crippen LogP contribution >= 0.6 is 0 Å². The van der Waals surface area contributed by atoms with Crippen molar-refractivity contribution in [1.82, 2.24) is 5.23 Å². The molecule has 5 atom stereocenters. The normalized spacial score (nSPS) is 47.2. The van der Waals surface area contributed by atoms with Crippen LogP contribution in [0.25, 0.3) is 0 Å². The van der Waals surface area contributed by atoms with Gasteiger partial charge in [0.05, 0.1) is 6.61 Å². The Hall–Kier alpha value is -0.360. The van der Waals surface area contributed by atoms with E-state index in [1.165, 1.54) is 0 Å². The van der Waals surface area contributed by atoms with Gasteiger partial charge in [-0.2, -0.15) is 0 Å². The van der Waals surface area contributed by atoms with Crippen LogP contribution in [-0.2, 0) is 4.74 Å². The minimum atomic E-state index is -2.79. The molecule has 0 saturated carbocycles. The lowest BCUT2D eigenvalue weighted by atomic mass is 9.95. The first-order chi connectivity index (χ1) is 6.84. The number of ether oxygens (including phenoxy) is 1. The largest absolute Gasteiger partial charge is 0.394 e. The molecule has 0 aliphatic carbocycles. The van der Waals surface area contributed by atoms with Crippen LogP contribution in [0.2, 0.25) is 0 Å². The molecule has 9 heteroatoms. The highest BCUT2D eigenvalue weighted by atomic mass is 16.9. The molecule has 90 valence electrons. The second kappa shape index (κ2) is 4.25. The van der Waals surface area contributed by atoms with Crippen LogP contribution in [0, 0.1) is 0 Å². The summed E-state index contributed by atoms with van der Waals surface area (Å²) in [5, 5.41) is 53.6. The summed E-state index contributed by atoms with van der Waals surface area (Å²) >= 11 is 0. The van der Waals surface area contributed by atoms with E-state index in [4.69, 9.17) is 21.3 Å². The number of aliphatic hydroxyl groups is 4. The highest BCUT2D eigenvalue weighted by Crippen LogP contribution is 2.27. The summed E-state index contributed by atoms with van der Waals surface area (Å²) < 4.78 is 4.58. The van der Waals surface area contributed by atoms with Gasteiger partial charge >= 0.3 is 0 Å². The zero-order valence-corrected chi connectivity index (χ0v) is 7.63. The Bertz CT molecular complexity index is 226. The minimum absolute atomic E-state index is 0.727. The molecule has 0 aromatic carbocycles. The van der Waals surface area contributed by atoms with Crippen LogP contribution in [0.4, 0.5) is 0 Å². The van der Waals surface area contributed by atoms with Gasteiger partial charge < -0.3 is 30.9 Å². The summed E-state index contributed by atoms with van der Waals surface area (Å²) in [7, 11) is 0. The van der Waals surface area contributed by atoms with E-state index in [1.807, 2.05) is 0 Å². The molecule has 1 unspecified atom stereocenters. The van der Waals surface area contributed by atoms with Gasteiger partial charge in [0.25, 0.3) is 5.91 Å². The van der Waals surface area contributed by atoms with E-state index < -0.39 is 42.1 Å². The average Bonchev–Trinajstić information content (AvgIpc) is 2.20. The first-order valence-corrected chi connectivity index (χ1v) is 4.15. The average molecular weight is 226 g/mol. The van der Waals surface area contributed by atoms with Gasteiger partial charge in [-0.15, -0.1) is 0 Å². The van der Waals surface area contributed by atoms with Crippen LogP contribution in [0.1, 0.15) is 0 Å². The second-order valence-corrected chi connectivity index (χ2v) is 3.29. The third-order valence-electron chi connectivity index (χ3n) is 2.32. The highest BCUT2D eigenvalue weighted by molar-refractivity contribution is 4.95. The minimum Gasteiger partial charge on any atom is -0.394 e. The van der Waals surface area contributed by atoms with Crippen LogP contribution in [0.3, 0.4) is 0 Å². The number of hydrogen-bond donors (Lipinski definition) is 7. The smallest absolute Gasteiger partial charge is 0.293 e. The third kappa shape index (κ3) is 1.97. The Balaban J connectivity index is 2.92. The van der Waals surface area contributed by atoms with E-state index in [0.29, 0.717) is 0 Å².